The molecule has 0 aliphatic carbocycles. The molecule has 0 amide bonds. The summed E-state index contributed by atoms with van der Waals surface area (Å²) in [7, 11) is 2.86. The summed E-state index contributed by atoms with van der Waals surface area (Å²) in [6.45, 7) is 0.537. The molecule has 0 saturated heterocycles. The topological polar surface area (TPSA) is 57.2 Å². The Kier molecular flexibility index (Phi) is 5.06. The zero-order chi connectivity index (χ0) is 11.1. The summed E-state index contributed by atoms with van der Waals surface area (Å²) in [4.78, 5) is 18.4. The normalized spacial score (nSPS) is 10.5. The van der Waals surface area contributed by atoms with Crippen molar-refractivity contribution in [2.24, 2.45) is 0 Å². The van der Waals surface area contributed by atoms with Crippen molar-refractivity contribution in [1.82, 2.24) is 0 Å². The monoisotopic (exact) mass is 214 g/mol. The fraction of sp³-hybridized carbons (Fsp3) is 0.400. The van der Waals surface area contributed by atoms with Crippen molar-refractivity contribution in [2.75, 3.05) is 14.2 Å². The first-order valence-corrected chi connectivity index (χ1v) is 4.39. The van der Waals surface area contributed by atoms with Crippen LogP contribution in [0.2, 0.25) is 0 Å². The van der Waals surface area contributed by atoms with E-state index in [4.69, 9.17) is 9.78 Å². The van der Waals surface area contributed by atoms with E-state index in [2.05, 4.69) is 9.78 Å². The number of rotatable bonds is 6. The fourth-order valence-electron chi connectivity index (χ4n) is 1.16. The molecule has 0 aliphatic heterocycles. The van der Waals surface area contributed by atoms with E-state index >= 15 is 0 Å². The van der Waals surface area contributed by atoms with Gasteiger partial charge in [-0.3, -0.25) is 0 Å². The lowest BCUT2D eigenvalue weighted by Gasteiger charge is -2.06. The number of phenolic OH excluding ortho intramolecular Hbond substituents is 1. The van der Waals surface area contributed by atoms with Gasteiger partial charge in [-0.05, 0) is 23.3 Å². The Morgan fingerprint density at radius 1 is 0.933 bits per heavy atom. The number of hydrogen-bond acceptors (Lipinski definition) is 5. The molecule has 0 atom stereocenters. The quantitative estimate of drug-likeness (QED) is 0.575. The molecule has 1 N–H and O–H groups in total. The van der Waals surface area contributed by atoms with E-state index < -0.39 is 0 Å². The van der Waals surface area contributed by atoms with Crippen LogP contribution in [0, 0.1) is 0 Å². The predicted octanol–water partition coefficient (Wildman–Crippen LogP) is 1.55. The van der Waals surface area contributed by atoms with Gasteiger partial charge in [0.1, 0.15) is 19.0 Å². The standard InChI is InChI=1S/C10H14O5/c1-12-14-6-8-3-9(7-15-13-2)5-10(11)4-8/h3-5,11H,6-7H2,1-2H3. The van der Waals surface area contributed by atoms with Crippen LogP contribution in [0.25, 0.3) is 0 Å². The minimum absolute atomic E-state index is 0.155. The second-order valence-electron chi connectivity index (χ2n) is 2.87. The lowest BCUT2D eigenvalue weighted by molar-refractivity contribution is -0.283. The van der Waals surface area contributed by atoms with Crippen molar-refractivity contribution >= 4 is 0 Å². The van der Waals surface area contributed by atoms with Crippen LogP contribution in [0.5, 0.6) is 5.75 Å². The molecule has 0 aliphatic rings. The molecule has 0 spiro atoms. The van der Waals surface area contributed by atoms with Crippen LogP contribution in [-0.2, 0) is 32.8 Å². The van der Waals surface area contributed by atoms with Gasteiger partial charge in [-0.15, -0.1) is 0 Å². The van der Waals surface area contributed by atoms with Crippen LogP contribution in [0.3, 0.4) is 0 Å². The average Bonchev–Trinajstić information content (AvgIpc) is 2.23. The molecule has 1 rings (SSSR count). The largest absolute Gasteiger partial charge is 0.508 e. The first-order valence-electron chi connectivity index (χ1n) is 4.39. The molecule has 0 fully saturated rings. The van der Waals surface area contributed by atoms with Gasteiger partial charge >= 0.3 is 0 Å². The zero-order valence-electron chi connectivity index (χ0n) is 8.73. The molecule has 0 radical (unpaired) electrons. The summed E-state index contributed by atoms with van der Waals surface area (Å²) in [5.41, 5.74) is 1.60. The van der Waals surface area contributed by atoms with E-state index in [-0.39, 0.29) is 19.0 Å². The van der Waals surface area contributed by atoms with Gasteiger partial charge in [0, 0.05) is 0 Å². The molecule has 0 heterocycles. The van der Waals surface area contributed by atoms with E-state index in [1.165, 1.54) is 14.2 Å². The Morgan fingerprint density at radius 3 is 1.80 bits per heavy atom. The summed E-state index contributed by atoms with van der Waals surface area (Å²) in [5, 5.41) is 9.40. The van der Waals surface area contributed by atoms with Crippen molar-refractivity contribution in [3.63, 3.8) is 0 Å². The molecule has 84 valence electrons. The van der Waals surface area contributed by atoms with E-state index in [9.17, 15) is 5.11 Å². The van der Waals surface area contributed by atoms with Gasteiger partial charge in [-0.25, -0.2) is 19.6 Å². The smallest absolute Gasteiger partial charge is 0.116 e. The molecule has 0 unspecified atom stereocenters. The third kappa shape index (κ3) is 4.26. The summed E-state index contributed by atoms with van der Waals surface area (Å²) in [5.74, 6) is 0.155. The molecule has 15 heavy (non-hydrogen) atoms. The summed E-state index contributed by atoms with van der Waals surface area (Å²) < 4.78 is 0. The number of hydrogen-bond donors (Lipinski definition) is 1. The average molecular weight is 214 g/mol. The van der Waals surface area contributed by atoms with E-state index in [1.54, 1.807) is 12.1 Å². The Bertz CT molecular complexity index is 274. The Hall–Kier alpha value is -1.14. The van der Waals surface area contributed by atoms with Crippen molar-refractivity contribution in [3.8, 4) is 5.75 Å². The van der Waals surface area contributed by atoms with E-state index in [0.717, 1.165) is 11.1 Å². The van der Waals surface area contributed by atoms with Crippen molar-refractivity contribution < 1.29 is 24.7 Å². The number of benzene rings is 1. The zero-order valence-corrected chi connectivity index (χ0v) is 8.73. The third-order valence-corrected chi connectivity index (χ3v) is 1.72. The SMILES string of the molecule is COOCc1cc(O)cc(COOC)c1. The Labute approximate surface area is 88.0 Å². The second-order valence-corrected chi connectivity index (χ2v) is 2.87. The van der Waals surface area contributed by atoms with Crippen LogP contribution in [0.4, 0.5) is 0 Å². The second kappa shape index (κ2) is 6.36. The minimum Gasteiger partial charge on any atom is -0.508 e. The molecule has 5 nitrogen and oxygen atoms in total. The van der Waals surface area contributed by atoms with Crippen LogP contribution in [-0.4, -0.2) is 19.3 Å². The molecular formula is C10H14O5. The van der Waals surface area contributed by atoms with Crippen LogP contribution >= 0.6 is 0 Å². The van der Waals surface area contributed by atoms with E-state index in [1.807, 2.05) is 6.07 Å². The maximum absolute atomic E-state index is 9.40. The Morgan fingerprint density at radius 2 is 1.40 bits per heavy atom. The van der Waals surface area contributed by atoms with Gasteiger partial charge in [0.25, 0.3) is 0 Å². The van der Waals surface area contributed by atoms with Gasteiger partial charge in [0.05, 0.1) is 14.2 Å². The lowest BCUT2D eigenvalue weighted by atomic mass is 10.1. The first kappa shape index (κ1) is 11.9. The van der Waals surface area contributed by atoms with Crippen molar-refractivity contribution in [3.05, 3.63) is 29.3 Å². The van der Waals surface area contributed by atoms with Crippen LogP contribution in [0.1, 0.15) is 11.1 Å². The lowest BCUT2D eigenvalue weighted by Crippen LogP contribution is -1.95. The summed E-state index contributed by atoms with van der Waals surface area (Å²) >= 11 is 0. The van der Waals surface area contributed by atoms with Gasteiger partial charge in [-0.1, -0.05) is 6.07 Å². The van der Waals surface area contributed by atoms with Gasteiger partial charge in [0.2, 0.25) is 0 Å². The maximum atomic E-state index is 9.40. The highest BCUT2D eigenvalue weighted by atomic mass is 17.2. The highest BCUT2D eigenvalue weighted by Gasteiger charge is 2.01. The Balaban J connectivity index is 2.66. The highest BCUT2D eigenvalue weighted by molar-refractivity contribution is 5.32. The van der Waals surface area contributed by atoms with Gasteiger partial charge in [-0.2, -0.15) is 0 Å². The fourth-order valence-corrected chi connectivity index (χ4v) is 1.16. The van der Waals surface area contributed by atoms with Crippen molar-refractivity contribution in [1.29, 1.82) is 0 Å². The highest BCUT2D eigenvalue weighted by Crippen LogP contribution is 2.17. The molecular weight excluding hydrogens is 200 g/mol. The molecule has 1 aromatic rings. The van der Waals surface area contributed by atoms with Gasteiger partial charge < -0.3 is 5.11 Å². The molecule has 0 bridgehead atoms. The summed E-state index contributed by atoms with van der Waals surface area (Å²) in [6, 6.07) is 5.02. The first-order chi connectivity index (χ1) is 7.26. The maximum Gasteiger partial charge on any atom is 0.116 e. The summed E-state index contributed by atoms with van der Waals surface area (Å²) in [6.07, 6.45) is 0. The molecule has 0 saturated carbocycles. The number of aromatic hydroxyl groups is 1. The third-order valence-electron chi connectivity index (χ3n) is 1.72. The van der Waals surface area contributed by atoms with E-state index in [0.29, 0.717) is 0 Å². The van der Waals surface area contributed by atoms with Gasteiger partial charge in [0.15, 0.2) is 0 Å². The number of phenols is 1. The molecule has 0 aromatic heterocycles. The molecule has 5 heteroatoms. The van der Waals surface area contributed by atoms with Crippen LogP contribution < -0.4 is 0 Å². The molecule has 1 aromatic carbocycles. The minimum atomic E-state index is 0.155. The van der Waals surface area contributed by atoms with Crippen LogP contribution in [0.15, 0.2) is 18.2 Å². The predicted molar refractivity (Wildman–Crippen MR) is 51.7 cm³/mol. The van der Waals surface area contributed by atoms with Crippen molar-refractivity contribution in [2.45, 2.75) is 13.2 Å².